The van der Waals surface area contributed by atoms with E-state index in [1.807, 2.05) is 38.1 Å². The van der Waals surface area contributed by atoms with Crippen molar-refractivity contribution in [1.82, 2.24) is 15.1 Å². The molecule has 1 amide bonds. The van der Waals surface area contributed by atoms with E-state index in [1.165, 1.54) is 10.9 Å². The molecule has 1 aliphatic carbocycles. The third kappa shape index (κ3) is 3.29. The zero-order chi connectivity index (χ0) is 19.8. The van der Waals surface area contributed by atoms with E-state index in [0.29, 0.717) is 22.4 Å². The third-order valence-electron chi connectivity index (χ3n) is 5.05. The van der Waals surface area contributed by atoms with Gasteiger partial charge in [0.15, 0.2) is 5.78 Å². The number of ketones is 1. The maximum absolute atomic E-state index is 12.9. The molecular formula is C22H22N4O2. The summed E-state index contributed by atoms with van der Waals surface area (Å²) in [6.07, 6.45) is 3.54. The van der Waals surface area contributed by atoms with Crippen LogP contribution in [0.25, 0.3) is 5.69 Å². The highest BCUT2D eigenvalue weighted by Crippen LogP contribution is 2.25. The Hall–Kier alpha value is -3.41. The van der Waals surface area contributed by atoms with Gasteiger partial charge < -0.3 is 11.1 Å². The summed E-state index contributed by atoms with van der Waals surface area (Å²) in [5.41, 5.74) is 10.3. The number of aryl methyl sites for hydroxylation is 2. The second-order valence-electron chi connectivity index (χ2n) is 7.25. The van der Waals surface area contributed by atoms with Crippen LogP contribution in [0.4, 0.5) is 5.82 Å². The maximum Gasteiger partial charge on any atom is 0.251 e. The average molecular weight is 374 g/mol. The number of nitrogens with one attached hydrogen (secondary N) is 1. The summed E-state index contributed by atoms with van der Waals surface area (Å²) in [4.78, 5) is 25.3. The molecule has 142 valence electrons. The Morgan fingerprint density at radius 1 is 1.07 bits per heavy atom. The molecule has 1 fully saturated rings. The van der Waals surface area contributed by atoms with Crippen molar-refractivity contribution in [2.45, 2.75) is 32.7 Å². The summed E-state index contributed by atoms with van der Waals surface area (Å²) in [6, 6.07) is 13.1. The highest BCUT2D eigenvalue weighted by atomic mass is 16.1. The zero-order valence-electron chi connectivity index (χ0n) is 15.9. The first-order valence-corrected chi connectivity index (χ1v) is 9.31. The highest BCUT2D eigenvalue weighted by molar-refractivity contribution is 6.12. The van der Waals surface area contributed by atoms with Crippen molar-refractivity contribution in [3.05, 3.63) is 76.5 Å². The van der Waals surface area contributed by atoms with Gasteiger partial charge in [-0.15, -0.1) is 0 Å². The molecule has 6 heteroatoms. The normalized spacial score (nSPS) is 13.4. The van der Waals surface area contributed by atoms with E-state index in [9.17, 15) is 9.59 Å². The van der Waals surface area contributed by atoms with Crippen molar-refractivity contribution in [3.8, 4) is 5.69 Å². The molecular weight excluding hydrogens is 352 g/mol. The lowest BCUT2D eigenvalue weighted by atomic mass is 10.0. The van der Waals surface area contributed by atoms with Crippen LogP contribution in [0.15, 0.2) is 48.7 Å². The van der Waals surface area contributed by atoms with Crippen molar-refractivity contribution >= 4 is 17.5 Å². The van der Waals surface area contributed by atoms with E-state index < -0.39 is 0 Å². The van der Waals surface area contributed by atoms with Crippen molar-refractivity contribution in [1.29, 1.82) is 0 Å². The largest absolute Gasteiger partial charge is 0.383 e. The van der Waals surface area contributed by atoms with Crippen molar-refractivity contribution < 1.29 is 9.59 Å². The van der Waals surface area contributed by atoms with E-state index in [1.54, 1.807) is 18.2 Å². The standard InChI is InChI=1S/C22H22N4O2/c1-13-5-3-4-6-17(13)20(27)18-12-24-26(21(18)23)19-11-15(8-7-14(19)2)22(28)25-16-9-10-16/h3-8,11-12,16H,9-10,23H2,1-2H3,(H,25,28). The number of carbonyl (C=O) groups excluding carboxylic acids is 2. The molecule has 3 N–H and O–H groups in total. The first kappa shape index (κ1) is 18.0. The average Bonchev–Trinajstić information content (AvgIpc) is 3.42. The Morgan fingerprint density at radius 3 is 2.54 bits per heavy atom. The predicted octanol–water partition coefficient (Wildman–Crippen LogP) is 3.19. The fourth-order valence-corrected chi connectivity index (χ4v) is 3.17. The van der Waals surface area contributed by atoms with Crippen LogP contribution in [0.2, 0.25) is 0 Å². The summed E-state index contributed by atoms with van der Waals surface area (Å²) in [6.45, 7) is 3.81. The van der Waals surface area contributed by atoms with Crippen LogP contribution in [0.5, 0.6) is 0 Å². The number of benzene rings is 2. The van der Waals surface area contributed by atoms with Crippen molar-refractivity contribution in [2.24, 2.45) is 0 Å². The highest BCUT2D eigenvalue weighted by Gasteiger charge is 2.24. The van der Waals surface area contributed by atoms with Gasteiger partial charge in [0.25, 0.3) is 5.91 Å². The lowest BCUT2D eigenvalue weighted by Crippen LogP contribution is -2.25. The minimum atomic E-state index is -0.165. The number of nitrogen functional groups attached to an aromatic ring is 1. The molecule has 0 aliphatic heterocycles. The van der Waals surface area contributed by atoms with Crippen molar-refractivity contribution in [2.75, 3.05) is 5.73 Å². The zero-order valence-corrected chi connectivity index (χ0v) is 15.9. The lowest BCUT2D eigenvalue weighted by Gasteiger charge is -2.11. The Labute approximate surface area is 163 Å². The van der Waals surface area contributed by atoms with Crippen LogP contribution in [0.3, 0.4) is 0 Å². The van der Waals surface area contributed by atoms with Crippen LogP contribution < -0.4 is 11.1 Å². The van der Waals surface area contributed by atoms with Gasteiger partial charge in [-0.2, -0.15) is 5.10 Å². The predicted molar refractivity (Wildman–Crippen MR) is 108 cm³/mol. The number of rotatable bonds is 5. The second-order valence-corrected chi connectivity index (χ2v) is 7.25. The minimum Gasteiger partial charge on any atom is -0.383 e. The number of hydrogen-bond donors (Lipinski definition) is 2. The van der Waals surface area contributed by atoms with Gasteiger partial charge in [-0.05, 0) is 49.9 Å². The third-order valence-corrected chi connectivity index (χ3v) is 5.05. The number of anilines is 1. The summed E-state index contributed by atoms with van der Waals surface area (Å²) in [5.74, 6) is -0.0103. The lowest BCUT2D eigenvalue weighted by molar-refractivity contribution is 0.0950. The number of hydrogen-bond acceptors (Lipinski definition) is 4. The van der Waals surface area contributed by atoms with E-state index in [-0.39, 0.29) is 23.6 Å². The second kappa shape index (κ2) is 6.96. The maximum atomic E-state index is 12.9. The molecule has 0 radical (unpaired) electrons. The van der Waals surface area contributed by atoms with E-state index in [4.69, 9.17) is 5.73 Å². The molecule has 1 heterocycles. The molecule has 4 rings (SSSR count). The molecule has 3 aromatic rings. The number of nitrogens with two attached hydrogens (primary N) is 1. The monoisotopic (exact) mass is 374 g/mol. The summed E-state index contributed by atoms with van der Waals surface area (Å²) in [7, 11) is 0. The van der Waals surface area contributed by atoms with Gasteiger partial charge in [0.05, 0.1) is 17.4 Å². The smallest absolute Gasteiger partial charge is 0.251 e. The first-order chi connectivity index (χ1) is 13.5. The Balaban J connectivity index is 1.70. The first-order valence-electron chi connectivity index (χ1n) is 9.31. The van der Waals surface area contributed by atoms with Crippen LogP contribution in [0, 0.1) is 13.8 Å². The Kier molecular flexibility index (Phi) is 4.47. The van der Waals surface area contributed by atoms with Gasteiger partial charge in [0.2, 0.25) is 0 Å². The molecule has 1 saturated carbocycles. The molecule has 0 unspecified atom stereocenters. The van der Waals surface area contributed by atoms with Crippen LogP contribution >= 0.6 is 0 Å². The molecule has 2 aromatic carbocycles. The van der Waals surface area contributed by atoms with E-state index in [0.717, 1.165) is 24.0 Å². The van der Waals surface area contributed by atoms with Gasteiger partial charge in [-0.3, -0.25) is 9.59 Å². The van der Waals surface area contributed by atoms with Gasteiger partial charge in [0.1, 0.15) is 5.82 Å². The van der Waals surface area contributed by atoms with Gasteiger partial charge in [-0.1, -0.05) is 30.3 Å². The van der Waals surface area contributed by atoms with Gasteiger partial charge in [0, 0.05) is 17.2 Å². The molecule has 28 heavy (non-hydrogen) atoms. The summed E-state index contributed by atoms with van der Waals surface area (Å²) >= 11 is 0. The van der Waals surface area contributed by atoms with Gasteiger partial charge in [-0.25, -0.2) is 4.68 Å². The fourth-order valence-electron chi connectivity index (χ4n) is 3.17. The minimum absolute atomic E-state index is 0.106. The number of aromatic nitrogens is 2. The van der Waals surface area contributed by atoms with E-state index >= 15 is 0 Å². The molecule has 0 bridgehead atoms. The quantitative estimate of drug-likeness (QED) is 0.671. The topological polar surface area (TPSA) is 90.0 Å². The molecule has 0 saturated heterocycles. The molecule has 0 spiro atoms. The molecule has 0 atom stereocenters. The molecule has 1 aromatic heterocycles. The van der Waals surface area contributed by atoms with Crippen LogP contribution in [-0.2, 0) is 0 Å². The Morgan fingerprint density at radius 2 is 1.82 bits per heavy atom. The summed E-state index contributed by atoms with van der Waals surface area (Å²) in [5, 5.41) is 7.32. The van der Waals surface area contributed by atoms with Gasteiger partial charge >= 0.3 is 0 Å². The van der Waals surface area contributed by atoms with Crippen LogP contribution in [0.1, 0.15) is 50.2 Å². The van der Waals surface area contributed by atoms with Crippen LogP contribution in [-0.4, -0.2) is 27.5 Å². The fraction of sp³-hybridized carbons (Fsp3) is 0.227. The SMILES string of the molecule is Cc1ccccc1C(=O)c1cnn(-c2cc(C(=O)NC3CC3)ccc2C)c1N. The number of carbonyl (C=O) groups is 2. The molecule has 1 aliphatic rings. The number of nitrogens with zero attached hydrogens (tertiary/aromatic N) is 2. The Bertz CT molecular complexity index is 1080. The van der Waals surface area contributed by atoms with E-state index in [2.05, 4.69) is 10.4 Å². The van der Waals surface area contributed by atoms with Crippen molar-refractivity contribution in [3.63, 3.8) is 0 Å². The molecule has 6 nitrogen and oxygen atoms in total. The summed E-state index contributed by atoms with van der Waals surface area (Å²) < 4.78 is 1.52. The number of amides is 1.